The summed E-state index contributed by atoms with van der Waals surface area (Å²) in [6.07, 6.45) is 9.82. The number of nitrogens with one attached hydrogen (secondary N) is 1. The Hall–Kier alpha value is -0.450. The van der Waals surface area contributed by atoms with Gasteiger partial charge in [0.05, 0.1) is 0 Å². The van der Waals surface area contributed by atoms with Gasteiger partial charge in [0.2, 0.25) is 0 Å². The minimum atomic E-state index is 0.389. The highest BCUT2D eigenvalue weighted by Crippen LogP contribution is 1.86. The molecular formula is C9H14ClN. The lowest BCUT2D eigenvalue weighted by Crippen LogP contribution is -2.25. The van der Waals surface area contributed by atoms with E-state index in [-0.39, 0.29) is 0 Å². The molecule has 1 nitrogen and oxygen atoms in total. The molecule has 1 unspecified atom stereocenters. The zero-order valence-corrected chi connectivity index (χ0v) is 7.56. The number of allylic oxidation sites excluding steroid dienone is 1. The lowest BCUT2D eigenvalue weighted by Gasteiger charge is -2.06. The summed E-state index contributed by atoms with van der Waals surface area (Å²) in [7, 11) is 0. The highest BCUT2D eigenvalue weighted by Gasteiger charge is 1.93. The van der Waals surface area contributed by atoms with Gasteiger partial charge in [-0.15, -0.1) is 23.9 Å². The van der Waals surface area contributed by atoms with Crippen molar-refractivity contribution in [3.05, 3.63) is 12.2 Å². The average molecular weight is 172 g/mol. The van der Waals surface area contributed by atoms with Crippen molar-refractivity contribution in [2.45, 2.75) is 19.4 Å². The number of hydrogen-bond acceptors (Lipinski definition) is 1. The van der Waals surface area contributed by atoms with Crippen LogP contribution in [0.5, 0.6) is 0 Å². The van der Waals surface area contributed by atoms with E-state index in [2.05, 4.69) is 18.2 Å². The number of rotatable bonds is 5. The molecule has 2 heteroatoms. The molecule has 0 aromatic carbocycles. The zero-order chi connectivity index (χ0) is 8.53. The first-order valence-electron chi connectivity index (χ1n) is 3.69. The first kappa shape index (κ1) is 10.6. The van der Waals surface area contributed by atoms with Gasteiger partial charge in [0.1, 0.15) is 0 Å². The number of halogens is 1. The molecule has 0 saturated carbocycles. The Balaban J connectivity index is 3.25. The van der Waals surface area contributed by atoms with Crippen molar-refractivity contribution in [1.82, 2.24) is 5.32 Å². The quantitative estimate of drug-likeness (QED) is 0.378. The van der Waals surface area contributed by atoms with E-state index in [1.54, 1.807) is 0 Å². The van der Waals surface area contributed by atoms with Gasteiger partial charge in [-0.05, 0) is 6.92 Å². The molecule has 0 heterocycles. The van der Waals surface area contributed by atoms with Gasteiger partial charge in [-0.3, -0.25) is 0 Å². The second-order valence-corrected chi connectivity index (χ2v) is 2.65. The van der Waals surface area contributed by atoms with Crippen LogP contribution in [0.1, 0.15) is 13.3 Å². The lowest BCUT2D eigenvalue weighted by atomic mass is 10.2. The minimum Gasteiger partial charge on any atom is -0.310 e. The van der Waals surface area contributed by atoms with Crippen LogP contribution in [-0.2, 0) is 0 Å². The van der Waals surface area contributed by atoms with Crippen molar-refractivity contribution in [2.24, 2.45) is 0 Å². The van der Waals surface area contributed by atoms with Crippen LogP contribution < -0.4 is 5.32 Å². The van der Waals surface area contributed by atoms with Crippen molar-refractivity contribution in [3.8, 4) is 12.3 Å². The van der Waals surface area contributed by atoms with Gasteiger partial charge in [0.25, 0.3) is 0 Å². The predicted molar refractivity (Wildman–Crippen MR) is 50.8 cm³/mol. The molecule has 0 bridgehead atoms. The molecular weight excluding hydrogens is 158 g/mol. The third-order valence-corrected chi connectivity index (χ3v) is 1.44. The molecule has 0 aromatic heterocycles. The van der Waals surface area contributed by atoms with Crippen LogP contribution in [0.4, 0.5) is 0 Å². The summed E-state index contributed by atoms with van der Waals surface area (Å²) in [6, 6.07) is 0.389. The van der Waals surface area contributed by atoms with Gasteiger partial charge < -0.3 is 5.32 Å². The van der Waals surface area contributed by atoms with E-state index < -0.39 is 0 Å². The number of hydrogen-bond donors (Lipinski definition) is 1. The van der Waals surface area contributed by atoms with E-state index >= 15 is 0 Å². The largest absolute Gasteiger partial charge is 0.310 e. The fraction of sp³-hybridized carbons (Fsp3) is 0.556. The molecule has 0 spiro atoms. The van der Waals surface area contributed by atoms with Crippen LogP contribution in [0, 0.1) is 12.3 Å². The van der Waals surface area contributed by atoms with Gasteiger partial charge in [-0.1, -0.05) is 12.2 Å². The van der Waals surface area contributed by atoms with Crippen molar-refractivity contribution in [2.75, 3.05) is 12.4 Å². The molecule has 0 aliphatic heterocycles. The third-order valence-electron chi connectivity index (χ3n) is 1.26. The first-order valence-corrected chi connectivity index (χ1v) is 4.22. The van der Waals surface area contributed by atoms with Gasteiger partial charge in [0, 0.05) is 24.9 Å². The zero-order valence-electron chi connectivity index (χ0n) is 6.81. The maximum Gasteiger partial charge on any atom is 0.0404 e. The Morgan fingerprint density at radius 3 is 2.91 bits per heavy atom. The molecule has 1 N–H and O–H groups in total. The Morgan fingerprint density at radius 2 is 2.36 bits per heavy atom. The Kier molecular flexibility index (Phi) is 7.34. The SMILES string of the molecule is C#CCC(C)NC/C=C/CCl. The highest BCUT2D eigenvalue weighted by molar-refractivity contribution is 6.18. The Morgan fingerprint density at radius 1 is 1.64 bits per heavy atom. The molecule has 1 atom stereocenters. The van der Waals surface area contributed by atoms with E-state index in [1.165, 1.54) is 0 Å². The summed E-state index contributed by atoms with van der Waals surface area (Å²) in [5.74, 6) is 3.17. The van der Waals surface area contributed by atoms with Crippen molar-refractivity contribution >= 4 is 11.6 Å². The van der Waals surface area contributed by atoms with E-state index in [9.17, 15) is 0 Å². The van der Waals surface area contributed by atoms with E-state index in [0.717, 1.165) is 13.0 Å². The smallest absolute Gasteiger partial charge is 0.0404 e. The molecule has 11 heavy (non-hydrogen) atoms. The normalized spacial score (nSPS) is 13.2. The van der Waals surface area contributed by atoms with Gasteiger partial charge in [0.15, 0.2) is 0 Å². The Labute approximate surface area is 73.8 Å². The molecule has 0 rings (SSSR count). The van der Waals surface area contributed by atoms with Crippen molar-refractivity contribution < 1.29 is 0 Å². The highest BCUT2D eigenvalue weighted by atomic mass is 35.5. The van der Waals surface area contributed by atoms with Gasteiger partial charge >= 0.3 is 0 Å². The minimum absolute atomic E-state index is 0.389. The number of terminal acetylenes is 1. The fourth-order valence-electron chi connectivity index (χ4n) is 0.664. The molecule has 0 radical (unpaired) electrons. The van der Waals surface area contributed by atoms with Crippen molar-refractivity contribution in [1.29, 1.82) is 0 Å². The van der Waals surface area contributed by atoms with Crippen LogP contribution in [0.3, 0.4) is 0 Å². The summed E-state index contributed by atoms with van der Waals surface area (Å²) in [6.45, 7) is 2.91. The fourth-order valence-corrected chi connectivity index (χ4v) is 0.790. The van der Waals surface area contributed by atoms with Crippen LogP contribution >= 0.6 is 11.6 Å². The van der Waals surface area contributed by atoms with E-state index in [4.69, 9.17) is 18.0 Å². The summed E-state index contributed by atoms with van der Waals surface area (Å²) >= 11 is 5.43. The topological polar surface area (TPSA) is 12.0 Å². The maximum atomic E-state index is 5.43. The Bertz CT molecular complexity index is 146. The van der Waals surface area contributed by atoms with Crippen LogP contribution in [0.2, 0.25) is 0 Å². The average Bonchev–Trinajstić information content (AvgIpc) is 1.99. The van der Waals surface area contributed by atoms with E-state index in [1.807, 2.05) is 12.2 Å². The molecule has 0 amide bonds. The summed E-state index contributed by atoms with van der Waals surface area (Å²) in [5.41, 5.74) is 0. The second-order valence-electron chi connectivity index (χ2n) is 2.34. The second kappa shape index (κ2) is 7.65. The third kappa shape index (κ3) is 7.45. The standard InChI is InChI=1S/C9H14ClN/c1-3-6-9(2)11-8-5-4-7-10/h1,4-5,9,11H,6-8H2,2H3/b5-4+. The molecule has 0 aliphatic carbocycles. The predicted octanol–water partition coefficient (Wildman–Crippen LogP) is 1.78. The molecule has 0 fully saturated rings. The number of alkyl halides is 1. The van der Waals surface area contributed by atoms with Gasteiger partial charge in [-0.25, -0.2) is 0 Å². The van der Waals surface area contributed by atoms with Crippen LogP contribution in [0.15, 0.2) is 12.2 Å². The molecule has 0 saturated heterocycles. The summed E-state index contributed by atoms with van der Waals surface area (Å²) in [5, 5.41) is 3.23. The monoisotopic (exact) mass is 171 g/mol. The maximum absolute atomic E-state index is 5.43. The molecule has 0 aromatic rings. The first-order chi connectivity index (χ1) is 5.31. The van der Waals surface area contributed by atoms with Gasteiger partial charge in [-0.2, -0.15) is 0 Å². The lowest BCUT2D eigenvalue weighted by molar-refractivity contribution is 0.597. The van der Waals surface area contributed by atoms with Crippen LogP contribution in [-0.4, -0.2) is 18.5 Å². The summed E-state index contributed by atoms with van der Waals surface area (Å²) in [4.78, 5) is 0. The molecule has 62 valence electrons. The van der Waals surface area contributed by atoms with Crippen LogP contribution in [0.25, 0.3) is 0 Å². The molecule has 0 aliphatic rings. The van der Waals surface area contributed by atoms with E-state index in [0.29, 0.717) is 11.9 Å². The summed E-state index contributed by atoms with van der Waals surface area (Å²) < 4.78 is 0. The van der Waals surface area contributed by atoms with Crippen molar-refractivity contribution in [3.63, 3.8) is 0 Å².